The molecule has 1 aliphatic heterocycles. The molecule has 0 bridgehead atoms. The van der Waals surface area contributed by atoms with Gasteiger partial charge in [-0.05, 0) is 51.3 Å². The molecule has 130 valence electrons. The molecule has 0 spiro atoms. The van der Waals surface area contributed by atoms with Crippen molar-refractivity contribution in [2.75, 3.05) is 21.0 Å². The molecule has 0 amide bonds. The number of benzene rings is 2. The second-order valence-corrected chi connectivity index (χ2v) is 5.96. The Bertz CT molecular complexity index is 711. The highest BCUT2D eigenvalue weighted by molar-refractivity contribution is 9.10. The van der Waals surface area contributed by atoms with Crippen molar-refractivity contribution < 1.29 is 18.9 Å². The minimum Gasteiger partial charge on any atom is -0.493 e. The Labute approximate surface area is 155 Å². The molecule has 7 heteroatoms. The second-order valence-electron chi connectivity index (χ2n) is 5.10. The van der Waals surface area contributed by atoms with Crippen molar-refractivity contribution in [1.82, 2.24) is 5.32 Å². The van der Waals surface area contributed by atoms with Crippen molar-refractivity contribution in [2.24, 2.45) is 0 Å². The molecule has 1 heterocycles. The fraction of sp³-hybridized carbons (Fsp3) is 0.294. The zero-order chi connectivity index (χ0) is 16.2. The summed E-state index contributed by atoms with van der Waals surface area (Å²) < 4.78 is 22.3. The van der Waals surface area contributed by atoms with E-state index in [0.29, 0.717) is 24.8 Å². The van der Waals surface area contributed by atoms with Crippen LogP contribution in [0.15, 0.2) is 34.8 Å². The Balaban J connectivity index is 0.00000208. The van der Waals surface area contributed by atoms with Gasteiger partial charge in [-0.25, -0.2) is 0 Å². The molecule has 0 atom stereocenters. The van der Waals surface area contributed by atoms with Crippen molar-refractivity contribution >= 4 is 28.3 Å². The van der Waals surface area contributed by atoms with E-state index < -0.39 is 0 Å². The number of hydrogen-bond acceptors (Lipinski definition) is 5. The average Bonchev–Trinajstić information content (AvgIpc) is 3.02. The molecule has 1 N–H and O–H groups in total. The molecule has 2 aromatic carbocycles. The van der Waals surface area contributed by atoms with Crippen LogP contribution in [0.2, 0.25) is 0 Å². The second kappa shape index (κ2) is 8.46. The molecule has 0 aliphatic carbocycles. The summed E-state index contributed by atoms with van der Waals surface area (Å²) in [4.78, 5) is 0. The maximum absolute atomic E-state index is 5.39. The van der Waals surface area contributed by atoms with Gasteiger partial charge in [0.1, 0.15) is 0 Å². The van der Waals surface area contributed by atoms with E-state index in [-0.39, 0.29) is 12.4 Å². The molecule has 5 nitrogen and oxygen atoms in total. The first-order valence-corrected chi connectivity index (χ1v) is 8.00. The van der Waals surface area contributed by atoms with Crippen LogP contribution in [0.5, 0.6) is 23.0 Å². The van der Waals surface area contributed by atoms with E-state index >= 15 is 0 Å². The predicted octanol–water partition coefficient (Wildman–Crippen LogP) is 3.91. The van der Waals surface area contributed by atoms with E-state index in [1.165, 1.54) is 0 Å². The predicted molar refractivity (Wildman–Crippen MR) is 97.6 cm³/mol. The Morgan fingerprint density at radius 1 is 1.00 bits per heavy atom. The summed E-state index contributed by atoms with van der Waals surface area (Å²) in [6.45, 7) is 1.75. The molecule has 3 rings (SSSR count). The third-order valence-corrected chi connectivity index (χ3v) is 4.18. The molecule has 0 radical (unpaired) electrons. The number of halogens is 2. The van der Waals surface area contributed by atoms with E-state index in [1.54, 1.807) is 14.2 Å². The van der Waals surface area contributed by atoms with E-state index in [0.717, 1.165) is 33.6 Å². The van der Waals surface area contributed by atoms with Gasteiger partial charge in [0.25, 0.3) is 0 Å². The van der Waals surface area contributed by atoms with Gasteiger partial charge < -0.3 is 24.3 Å². The van der Waals surface area contributed by atoms with E-state index in [9.17, 15) is 0 Å². The summed E-state index contributed by atoms with van der Waals surface area (Å²) in [7, 11) is 3.26. The third kappa shape index (κ3) is 4.06. The van der Waals surface area contributed by atoms with Crippen molar-refractivity contribution in [3.05, 3.63) is 45.9 Å². The maximum atomic E-state index is 5.39. The minimum absolute atomic E-state index is 0. The SMILES string of the molecule is COc1cc(CNCc2ccc3c(c2)OCO3)cc(Br)c1OC.Cl. The van der Waals surface area contributed by atoms with Crippen LogP contribution >= 0.6 is 28.3 Å². The fourth-order valence-electron chi connectivity index (χ4n) is 2.48. The first-order chi connectivity index (χ1) is 11.2. The van der Waals surface area contributed by atoms with E-state index in [1.807, 2.05) is 30.3 Å². The molecule has 0 saturated heterocycles. The monoisotopic (exact) mass is 415 g/mol. The van der Waals surface area contributed by atoms with E-state index in [2.05, 4.69) is 21.2 Å². The summed E-state index contributed by atoms with van der Waals surface area (Å²) in [5.41, 5.74) is 2.25. The number of methoxy groups -OCH3 is 2. The fourth-order valence-corrected chi connectivity index (χ4v) is 3.13. The first kappa shape index (κ1) is 18.7. The maximum Gasteiger partial charge on any atom is 0.231 e. The molecule has 1 aliphatic rings. The van der Waals surface area contributed by atoms with Gasteiger partial charge in [-0.15, -0.1) is 12.4 Å². The Kier molecular flexibility index (Phi) is 6.60. The lowest BCUT2D eigenvalue weighted by Gasteiger charge is -2.12. The quantitative estimate of drug-likeness (QED) is 0.774. The number of nitrogens with one attached hydrogen (secondary N) is 1. The molecule has 0 fully saturated rings. The van der Waals surface area contributed by atoms with Crippen LogP contribution in [-0.4, -0.2) is 21.0 Å². The number of fused-ring (bicyclic) bond motifs is 1. The highest BCUT2D eigenvalue weighted by Gasteiger charge is 2.13. The summed E-state index contributed by atoms with van der Waals surface area (Å²) >= 11 is 3.51. The summed E-state index contributed by atoms with van der Waals surface area (Å²) in [5, 5.41) is 3.41. The van der Waals surface area contributed by atoms with Gasteiger partial charge in [-0.3, -0.25) is 0 Å². The number of rotatable bonds is 6. The third-order valence-electron chi connectivity index (χ3n) is 3.59. The lowest BCUT2D eigenvalue weighted by Crippen LogP contribution is -2.12. The lowest BCUT2D eigenvalue weighted by molar-refractivity contribution is 0.174. The smallest absolute Gasteiger partial charge is 0.231 e. The average molecular weight is 417 g/mol. The molecule has 2 aromatic rings. The van der Waals surface area contributed by atoms with Crippen LogP contribution in [-0.2, 0) is 13.1 Å². The first-order valence-electron chi connectivity index (χ1n) is 7.21. The molecule has 0 saturated carbocycles. The number of hydrogen-bond donors (Lipinski definition) is 1. The van der Waals surface area contributed by atoms with Crippen LogP contribution in [0.25, 0.3) is 0 Å². The lowest BCUT2D eigenvalue weighted by atomic mass is 10.1. The topological polar surface area (TPSA) is 49.0 Å². The van der Waals surface area contributed by atoms with Crippen molar-refractivity contribution in [3.8, 4) is 23.0 Å². The summed E-state index contributed by atoms with van der Waals surface area (Å²) in [6.07, 6.45) is 0. The molecule has 24 heavy (non-hydrogen) atoms. The summed E-state index contributed by atoms with van der Waals surface area (Å²) in [5.74, 6) is 3.02. The Morgan fingerprint density at radius 2 is 1.75 bits per heavy atom. The van der Waals surface area contributed by atoms with Crippen LogP contribution in [0.3, 0.4) is 0 Å². The zero-order valence-electron chi connectivity index (χ0n) is 13.4. The standard InChI is InChI=1S/C17H18BrNO4.ClH/c1-20-16-7-12(5-13(18)17(16)21-2)9-19-8-11-3-4-14-15(6-11)23-10-22-14;/h3-7,19H,8-10H2,1-2H3;1H. The molecular formula is C17H19BrClNO4. The van der Waals surface area contributed by atoms with Crippen molar-refractivity contribution in [2.45, 2.75) is 13.1 Å². The Morgan fingerprint density at radius 3 is 2.50 bits per heavy atom. The van der Waals surface area contributed by atoms with Crippen molar-refractivity contribution in [3.63, 3.8) is 0 Å². The Hall–Kier alpha value is -1.63. The van der Waals surface area contributed by atoms with Crippen LogP contribution < -0.4 is 24.3 Å². The van der Waals surface area contributed by atoms with Gasteiger partial charge in [-0.2, -0.15) is 0 Å². The number of ether oxygens (including phenoxy) is 4. The van der Waals surface area contributed by atoms with Crippen LogP contribution in [0.4, 0.5) is 0 Å². The zero-order valence-corrected chi connectivity index (χ0v) is 15.8. The van der Waals surface area contributed by atoms with Crippen LogP contribution in [0.1, 0.15) is 11.1 Å². The largest absolute Gasteiger partial charge is 0.493 e. The van der Waals surface area contributed by atoms with Gasteiger partial charge in [0.05, 0.1) is 18.7 Å². The molecule has 0 unspecified atom stereocenters. The van der Waals surface area contributed by atoms with Gasteiger partial charge in [0.2, 0.25) is 6.79 Å². The minimum atomic E-state index is 0. The highest BCUT2D eigenvalue weighted by atomic mass is 79.9. The van der Waals surface area contributed by atoms with Gasteiger partial charge >= 0.3 is 0 Å². The highest BCUT2D eigenvalue weighted by Crippen LogP contribution is 2.36. The van der Waals surface area contributed by atoms with Crippen molar-refractivity contribution in [1.29, 1.82) is 0 Å². The normalized spacial score (nSPS) is 11.8. The molecular weight excluding hydrogens is 398 g/mol. The van der Waals surface area contributed by atoms with Gasteiger partial charge in [-0.1, -0.05) is 6.07 Å². The van der Waals surface area contributed by atoms with Gasteiger partial charge in [0.15, 0.2) is 23.0 Å². The van der Waals surface area contributed by atoms with E-state index in [4.69, 9.17) is 18.9 Å². The van der Waals surface area contributed by atoms with Crippen LogP contribution in [0, 0.1) is 0 Å². The summed E-state index contributed by atoms with van der Waals surface area (Å²) in [6, 6.07) is 9.96. The molecule has 0 aromatic heterocycles. The van der Waals surface area contributed by atoms with Gasteiger partial charge in [0, 0.05) is 13.1 Å².